The first-order valence-electron chi connectivity index (χ1n) is 8.64. The largest absolute Gasteiger partial charge is 0.465 e. The van der Waals surface area contributed by atoms with Crippen molar-refractivity contribution in [1.82, 2.24) is 0 Å². The first kappa shape index (κ1) is 20.7. The van der Waals surface area contributed by atoms with Gasteiger partial charge in [-0.2, -0.15) is 0 Å². The highest BCUT2D eigenvalue weighted by atomic mass is 16.6. The zero-order valence-corrected chi connectivity index (χ0v) is 15.4. The highest BCUT2D eigenvalue weighted by Crippen LogP contribution is 2.28. The monoisotopic (exact) mass is 344 g/mol. The van der Waals surface area contributed by atoms with Gasteiger partial charge in [0.2, 0.25) is 0 Å². The van der Waals surface area contributed by atoms with Gasteiger partial charge in [0.15, 0.2) is 5.92 Å². The van der Waals surface area contributed by atoms with Crippen LogP contribution >= 0.6 is 0 Å². The van der Waals surface area contributed by atoms with Gasteiger partial charge in [-0.1, -0.05) is 56.0 Å². The third-order valence-corrected chi connectivity index (χ3v) is 4.05. The SMILES string of the molecule is C=C(CC(=C)C(C)CC(C(=O)OCC)C(=O)OCC)c1ccccc1. The summed E-state index contributed by atoms with van der Waals surface area (Å²) >= 11 is 0. The maximum Gasteiger partial charge on any atom is 0.320 e. The molecule has 0 bridgehead atoms. The Morgan fingerprint density at radius 2 is 1.52 bits per heavy atom. The molecular weight excluding hydrogens is 316 g/mol. The van der Waals surface area contributed by atoms with E-state index in [2.05, 4.69) is 13.2 Å². The van der Waals surface area contributed by atoms with E-state index in [0.29, 0.717) is 12.8 Å². The number of benzene rings is 1. The summed E-state index contributed by atoms with van der Waals surface area (Å²) < 4.78 is 10.0. The highest BCUT2D eigenvalue weighted by molar-refractivity contribution is 5.94. The van der Waals surface area contributed by atoms with Crippen LogP contribution in [0.5, 0.6) is 0 Å². The second-order valence-corrected chi connectivity index (χ2v) is 6.00. The van der Waals surface area contributed by atoms with E-state index in [1.54, 1.807) is 13.8 Å². The van der Waals surface area contributed by atoms with Crippen LogP contribution in [-0.4, -0.2) is 25.2 Å². The third kappa shape index (κ3) is 6.57. The van der Waals surface area contributed by atoms with Gasteiger partial charge in [-0.05, 0) is 43.7 Å². The summed E-state index contributed by atoms with van der Waals surface area (Å²) in [4.78, 5) is 24.2. The van der Waals surface area contributed by atoms with Crippen molar-refractivity contribution in [3.05, 3.63) is 54.6 Å². The Labute approximate surface area is 150 Å². The summed E-state index contributed by atoms with van der Waals surface area (Å²) in [5, 5.41) is 0. The quantitative estimate of drug-likeness (QED) is 0.358. The third-order valence-electron chi connectivity index (χ3n) is 4.05. The molecule has 0 saturated carbocycles. The second kappa shape index (κ2) is 10.5. The lowest BCUT2D eigenvalue weighted by Gasteiger charge is -2.21. The van der Waals surface area contributed by atoms with E-state index < -0.39 is 17.9 Å². The fourth-order valence-corrected chi connectivity index (χ4v) is 2.52. The molecule has 0 aliphatic rings. The number of carbonyl (C=O) groups excluding carboxylic acids is 2. The molecule has 25 heavy (non-hydrogen) atoms. The molecule has 0 saturated heterocycles. The van der Waals surface area contributed by atoms with Gasteiger partial charge in [-0.25, -0.2) is 0 Å². The summed E-state index contributed by atoms with van der Waals surface area (Å²) in [5.74, 6) is -2.04. The van der Waals surface area contributed by atoms with Crippen LogP contribution in [0.25, 0.3) is 5.57 Å². The molecular formula is C21H28O4. The van der Waals surface area contributed by atoms with Gasteiger partial charge >= 0.3 is 11.9 Å². The number of esters is 2. The van der Waals surface area contributed by atoms with Crippen LogP contribution in [0.4, 0.5) is 0 Å². The minimum Gasteiger partial charge on any atom is -0.465 e. The maximum atomic E-state index is 12.1. The molecule has 1 unspecified atom stereocenters. The first-order chi connectivity index (χ1) is 11.9. The standard InChI is InChI=1S/C21H28O4/c1-6-24-20(22)19(21(23)25-7-2)14-16(4)15(3)13-17(5)18-11-9-8-10-12-18/h8-12,16,19H,3,5-7,13-14H2,1-2,4H3. The predicted octanol–water partition coefficient (Wildman–Crippen LogP) is 4.41. The molecule has 0 amide bonds. The Bertz CT molecular complexity index is 586. The minimum absolute atomic E-state index is 0.0423. The van der Waals surface area contributed by atoms with E-state index in [4.69, 9.17) is 9.47 Å². The van der Waals surface area contributed by atoms with Crippen molar-refractivity contribution in [3.8, 4) is 0 Å². The van der Waals surface area contributed by atoms with Crippen molar-refractivity contribution in [3.63, 3.8) is 0 Å². The average molecular weight is 344 g/mol. The molecule has 4 heteroatoms. The molecule has 1 rings (SSSR count). The van der Waals surface area contributed by atoms with Crippen molar-refractivity contribution in [2.45, 2.75) is 33.6 Å². The lowest BCUT2D eigenvalue weighted by Crippen LogP contribution is -2.30. The van der Waals surface area contributed by atoms with Gasteiger partial charge in [-0.15, -0.1) is 0 Å². The molecule has 0 radical (unpaired) electrons. The van der Waals surface area contributed by atoms with Gasteiger partial charge in [0.25, 0.3) is 0 Å². The lowest BCUT2D eigenvalue weighted by atomic mass is 9.86. The van der Waals surface area contributed by atoms with E-state index in [1.165, 1.54) is 0 Å². The maximum absolute atomic E-state index is 12.1. The van der Waals surface area contributed by atoms with Crippen LogP contribution in [0.2, 0.25) is 0 Å². The molecule has 0 heterocycles. The van der Waals surface area contributed by atoms with Gasteiger partial charge in [0.05, 0.1) is 13.2 Å². The molecule has 0 spiro atoms. The van der Waals surface area contributed by atoms with Crippen LogP contribution in [0.3, 0.4) is 0 Å². The van der Waals surface area contributed by atoms with E-state index in [0.717, 1.165) is 16.7 Å². The van der Waals surface area contributed by atoms with Crippen LogP contribution in [0, 0.1) is 11.8 Å². The zero-order chi connectivity index (χ0) is 18.8. The smallest absolute Gasteiger partial charge is 0.320 e. The van der Waals surface area contributed by atoms with Crippen molar-refractivity contribution in [1.29, 1.82) is 0 Å². The molecule has 0 aliphatic carbocycles. The Balaban J connectivity index is 2.73. The number of hydrogen-bond donors (Lipinski definition) is 0. The normalized spacial score (nSPS) is 11.7. The molecule has 136 valence electrons. The van der Waals surface area contributed by atoms with Crippen LogP contribution in [-0.2, 0) is 19.1 Å². The van der Waals surface area contributed by atoms with Gasteiger partial charge in [-0.3, -0.25) is 9.59 Å². The highest BCUT2D eigenvalue weighted by Gasteiger charge is 2.31. The number of carbonyl (C=O) groups is 2. The molecule has 1 aromatic carbocycles. The van der Waals surface area contributed by atoms with Crippen molar-refractivity contribution < 1.29 is 19.1 Å². The van der Waals surface area contributed by atoms with E-state index in [1.807, 2.05) is 37.3 Å². The fourth-order valence-electron chi connectivity index (χ4n) is 2.52. The van der Waals surface area contributed by atoms with Gasteiger partial charge < -0.3 is 9.47 Å². The van der Waals surface area contributed by atoms with Gasteiger partial charge in [0, 0.05) is 0 Å². The minimum atomic E-state index is -0.920. The zero-order valence-electron chi connectivity index (χ0n) is 15.4. The van der Waals surface area contributed by atoms with E-state index in [-0.39, 0.29) is 19.1 Å². The lowest BCUT2D eigenvalue weighted by molar-refractivity contribution is -0.162. The number of ether oxygens (including phenoxy) is 2. The summed E-state index contributed by atoms with van der Waals surface area (Å²) in [6.07, 6.45) is 0.933. The van der Waals surface area contributed by atoms with E-state index in [9.17, 15) is 9.59 Å². The molecule has 4 nitrogen and oxygen atoms in total. The molecule has 0 aromatic heterocycles. The average Bonchev–Trinajstić information content (AvgIpc) is 2.60. The number of allylic oxidation sites excluding steroid dienone is 2. The van der Waals surface area contributed by atoms with Crippen LogP contribution in [0.15, 0.2) is 49.1 Å². The van der Waals surface area contributed by atoms with Crippen molar-refractivity contribution in [2.24, 2.45) is 11.8 Å². The summed E-state index contributed by atoms with van der Waals surface area (Å²) in [6.45, 7) is 14.1. The van der Waals surface area contributed by atoms with Crippen molar-refractivity contribution in [2.75, 3.05) is 13.2 Å². The predicted molar refractivity (Wildman–Crippen MR) is 99.8 cm³/mol. The summed E-state index contributed by atoms with van der Waals surface area (Å²) in [5.41, 5.74) is 2.94. The van der Waals surface area contributed by atoms with Crippen LogP contribution in [0.1, 0.15) is 39.2 Å². The Morgan fingerprint density at radius 1 is 1.00 bits per heavy atom. The number of rotatable bonds is 10. The molecule has 1 aromatic rings. The van der Waals surface area contributed by atoms with Crippen LogP contribution < -0.4 is 0 Å². The fraction of sp³-hybridized carbons (Fsp3) is 0.429. The topological polar surface area (TPSA) is 52.6 Å². The molecule has 1 atom stereocenters. The Hall–Kier alpha value is -2.36. The molecule has 0 fully saturated rings. The first-order valence-corrected chi connectivity index (χ1v) is 8.64. The Morgan fingerprint density at radius 3 is 2.00 bits per heavy atom. The van der Waals surface area contributed by atoms with E-state index >= 15 is 0 Å². The Kier molecular flexibility index (Phi) is 8.68. The van der Waals surface area contributed by atoms with Gasteiger partial charge in [0.1, 0.15) is 0 Å². The summed E-state index contributed by atoms with van der Waals surface area (Å²) in [6, 6.07) is 9.88. The number of hydrogen-bond acceptors (Lipinski definition) is 4. The van der Waals surface area contributed by atoms with Crippen molar-refractivity contribution >= 4 is 17.5 Å². The second-order valence-electron chi connectivity index (χ2n) is 6.00. The summed E-state index contributed by atoms with van der Waals surface area (Å²) in [7, 11) is 0. The molecule has 0 aliphatic heterocycles. The molecule has 0 N–H and O–H groups in total.